The molecule has 2 aromatic carbocycles. The van der Waals surface area contributed by atoms with Gasteiger partial charge in [0.25, 0.3) is 0 Å². The molecule has 1 aromatic heterocycles. The van der Waals surface area contributed by atoms with Gasteiger partial charge in [0, 0.05) is 6.54 Å². The molecule has 1 saturated heterocycles. The lowest BCUT2D eigenvalue weighted by atomic mass is 9.96. The van der Waals surface area contributed by atoms with Crippen LogP contribution in [0, 0.1) is 12.8 Å². The summed E-state index contributed by atoms with van der Waals surface area (Å²) in [5.74, 6) is 2.37. The first kappa shape index (κ1) is 19.5. The van der Waals surface area contributed by atoms with Crippen LogP contribution in [0.3, 0.4) is 0 Å². The Morgan fingerprint density at radius 3 is 2.66 bits per heavy atom. The number of nitrogens with zero attached hydrogens (tertiary/aromatic N) is 3. The number of nitrogens with one attached hydrogen (secondary N) is 1. The highest BCUT2D eigenvalue weighted by Crippen LogP contribution is 2.25. The van der Waals surface area contributed by atoms with E-state index in [1.54, 1.807) is 7.11 Å². The third-order valence-corrected chi connectivity index (χ3v) is 5.74. The van der Waals surface area contributed by atoms with Gasteiger partial charge >= 0.3 is 0 Å². The van der Waals surface area contributed by atoms with Crippen LogP contribution in [0.1, 0.15) is 18.7 Å². The third-order valence-electron chi connectivity index (χ3n) is 5.74. The van der Waals surface area contributed by atoms with Gasteiger partial charge in [-0.1, -0.05) is 24.3 Å². The number of anilines is 1. The van der Waals surface area contributed by atoms with Gasteiger partial charge < -0.3 is 14.6 Å². The van der Waals surface area contributed by atoms with E-state index in [-0.39, 0.29) is 5.91 Å². The highest BCUT2D eigenvalue weighted by atomic mass is 16.5. The molecular weight excluding hydrogens is 364 g/mol. The van der Waals surface area contributed by atoms with E-state index in [0.717, 1.165) is 49.5 Å². The van der Waals surface area contributed by atoms with Gasteiger partial charge in [0.2, 0.25) is 5.91 Å². The van der Waals surface area contributed by atoms with Crippen LogP contribution in [0.15, 0.2) is 48.5 Å². The molecule has 1 aliphatic heterocycles. The Balaban J connectivity index is 1.30. The van der Waals surface area contributed by atoms with E-state index in [0.29, 0.717) is 18.2 Å². The van der Waals surface area contributed by atoms with Crippen molar-refractivity contribution in [2.75, 3.05) is 32.1 Å². The molecule has 0 aliphatic carbocycles. The molecule has 0 saturated carbocycles. The number of carbonyl (C=O) groups is 1. The van der Waals surface area contributed by atoms with Gasteiger partial charge in [0.05, 0.1) is 30.4 Å². The normalized spacial score (nSPS) is 15.5. The number of carbonyl (C=O) groups excluding carboxylic acids is 1. The number of aryl methyl sites for hydroxylation is 1. The topological polar surface area (TPSA) is 59.4 Å². The number of methoxy groups -OCH3 is 1. The van der Waals surface area contributed by atoms with E-state index >= 15 is 0 Å². The van der Waals surface area contributed by atoms with Gasteiger partial charge in [-0.3, -0.25) is 9.69 Å². The SMILES string of the molecule is COc1ccccc1NC(=O)CN1CCC(Cn2c(C)nc3ccccc32)CC1. The molecular formula is C23H28N4O2. The molecule has 6 nitrogen and oxygen atoms in total. The number of piperidine rings is 1. The Bertz CT molecular complexity index is 989. The van der Waals surface area contributed by atoms with Crippen LogP contribution in [0.5, 0.6) is 5.75 Å². The monoisotopic (exact) mass is 392 g/mol. The highest BCUT2D eigenvalue weighted by Gasteiger charge is 2.22. The number of hydrogen-bond donors (Lipinski definition) is 1. The minimum Gasteiger partial charge on any atom is -0.495 e. The smallest absolute Gasteiger partial charge is 0.238 e. The van der Waals surface area contributed by atoms with Crippen LogP contribution in [0.4, 0.5) is 5.69 Å². The Labute approximate surface area is 171 Å². The maximum atomic E-state index is 12.5. The molecule has 2 heterocycles. The summed E-state index contributed by atoms with van der Waals surface area (Å²) < 4.78 is 7.64. The third kappa shape index (κ3) is 4.43. The van der Waals surface area contributed by atoms with Crippen molar-refractivity contribution < 1.29 is 9.53 Å². The first-order valence-corrected chi connectivity index (χ1v) is 10.2. The lowest BCUT2D eigenvalue weighted by Gasteiger charge is -2.32. The zero-order valence-electron chi connectivity index (χ0n) is 17.1. The van der Waals surface area contributed by atoms with Crippen molar-refractivity contribution in [2.45, 2.75) is 26.3 Å². The van der Waals surface area contributed by atoms with E-state index in [1.165, 1.54) is 5.52 Å². The highest BCUT2D eigenvalue weighted by molar-refractivity contribution is 5.93. The van der Waals surface area contributed by atoms with E-state index in [1.807, 2.05) is 30.3 Å². The number of ether oxygens (including phenoxy) is 1. The minimum atomic E-state index is 0.00407. The Morgan fingerprint density at radius 2 is 1.86 bits per heavy atom. The van der Waals surface area contributed by atoms with Crippen LogP contribution in [-0.2, 0) is 11.3 Å². The second-order valence-corrected chi connectivity index (χ2v) is 7.73. The van der Waals surface area contributed by atoms with Crippen LogP contribution in [0.25, 0.3) is 11.0 Å². The number of rotatable bonds is 6. The van der Waals surface area contributed by atoms with Crippen molar-refractivity contribution in [3.63, 3.8) is 0 Å². The fourth-order valence-electron chi connectivity index (χ4n) is 4.15. The zero-order valence-corrected chi connectivity index (χ0v) is 17.1. The molecule has 0 spiro atoms. The number of hydrogen-bond acceptors (Lipinski definition) is 4. The number of amides is 1. The first-order valence-electron chi connectivity index (χ1n) is 10.2. The minimum absolute atomic E-state index is 0.00407. The number of imidazole rings is 1. The molecule has 0 atom stereocenters. The van der Waals surface area contributed by atoms with E-state index in [9.17, 15) is 4.79 Å². The van der Waals surface area contributed by atoms with Crippen LogP contribution in [-0.4, -0.2) is 47.1 Å². The molecule has 1 fully saturated rings. The summed E-state index contributed by atoms with van der Waals surface area (Å²) in [6.07, 6.45) is 2.18. The molecule has 1 aliphatic rings. The number of para-hydroxylation sites is 4. The molecule has 1 N–H and O–H groups in total. The fraction of sp³-hybridized carbons (Fsp3) is 0.391. The van der Waals surface area contributed by atoms with Gasteiger partial charge in [-0.05, 0) is 63.0 Å². The molecule has 3 aromatic rings. The van der Waals surface area contributed by atoms with E-state index in [2.05, 4.69) is 44.9 Å². The van der Waals surface area contributed by atoms with Crippen molar-refractivity contribution in [1.29, 1.82) is 0 Å². The summed E-state index contributed by atoms with van der Waals surface area (Å²) in [6, 6.07) is 15.8. The van der Waals surface area contributed by atoms with E-state index < -0.39 is 0 Å². The second kappa shape index (κ2) is 8.66. The van der Waals surface area contributed by atoms with Crippen LogP contribution >= 0.6 is 0 Å². The predicted octanol–water partition coefficient (Wildman–Crippen LogP) is 3.70. The molecule has 4 rings (SSSR count). The van der Waals surface area contributed by atoms with Crippen molar-refractivity contribution in [2.24, 2.45) is 5.92 Å². The fourth-order valence-corrected chi connectivity index (χ4v) is 4.15. The number of benzene rings is 2. The maximum absolute atomic E-state index is 12.5. The number of aromatic nitrogens is 2. The first-order chi connectivity index (χ1) is 14.1. The van der Waals surface area contributed by atoms with Crippen molar-refractivity contribution in [3.05, 3.63) is 54.4 Å². The van der Waals surface area contributed by atoms with E-state index in [4.69, 9.17) is 4.74 Å². The lowest BCUT2D eigenvalue weighted by Crippen LogP contribution is -2.40. The number of likely N-dealkylation sites (tertiary alicyclic amines) is 1. The molecule has 6 heteroatoms. The van der Waals surface area contributed by atoms with Crippen LogP contribution in [0.2, 0.25) is 0 Å². The molecule has 152 valence electrons. The van der Waals surface area contributed by atoms with Crippen molar-refractivity contribution >= 4 is 22.6 Å². The van der Waals surface area contributed by atoms with Gasteiger partial charge in [-0.15, -0.1) is 0 Å². The number of fused-ring (bicyclic) bond motifs is 1. The summed E-state index contributed by atoms with van der Waals surface area (Å²) in [4.78, 5) is 19.4. The largest absolute Gasteiger partial charge is 0.495 e. The summed E-state index contributed by atoms with van der Waals surface area (Å²) >= 11 is 0. The summed E-state index contributed by atoms with van der Waals surface area (Å²) in [5.41, 5.74) is 3.00. The Morgan fingerprint density at radius 1 is 1.14 bits per heavy atom. The molecule has 1 amide bonds. The second-order valence-electron chi connectivity index (χ2n) is 7.73. The van der Waals surface area contributed by atoms with Crippen molar-refractivity contribution in [1.82, 2.24) is 14.5 Å². The van der Waals surface area contributed by atoms with Crippen LogP contribution < -0.4 is 10.1 Å². The quantitative estimate of drug-likeness (QED) is 0.695. The van der Waals surface area contributed by atoms with Gasteiger partial charge in [0.1, 0.15) is 11.6 Å². The summed E-state index contributed by atoms with van der Waals surface area (Å²) in [5, 5.41) is 2.97. The summed E-state index contributed by atoms with van der Waals surface area (Å²) in [6.45, 7) is 5.37. The lowest BCUT2D eigenvalue weighted by molar-refractivity contribution is -0.117. The summed E-state index contributed by atoms with van der Waals surface area (Å²) in [7, 11) is 1.61. The standard InChI is InChI=1S/C23H28N4O2/c1-17-24-19-7-3-5-9-21(19)27(17)15-18-11-13-26(14-12-18)16-23(28)25-20-8-4-6-10-22(20)29-2/h3-10,18H,11-16H2,1-2H3,(H,25,28). The molecule has 0 radical (unpaired) electrons. The average Bonchev–Trinajstić information content (AvgIpc) is 3.05. The molecule has 0 unspecified atom stereocenters. The van der Waals surface area contributed by atoms with Crippen molar-refractivity contribution in [3.8, 4) is 5.75 Å². The zero-order chi connectivity index (χ0) is 20.2. The van der Waals surface area contributed by atoms with Gasteiger partial charge in [-0.2, -0.15) is 0 Å². The predicted molar refractivity (Wildman–Crippen MR) is 115 cm³/mol. The average molecular weight is 393 g/mol. The molecule has 0 bridgehead atoms. The Hall–Kier alpha value is -2.86. The maximum Gasteiger partial charge on any atom is 0.238 e. The van der Waals surface area contributed by atoms with Gasteiger partial charge in [0.15, 0.2) is 0 Å². The van der Waals surface area contributed by atoms with Gasteiger partial charge in [-0.25, -0.2) is 4.98 Å². The Kier molecular flexibility index (Phi) is 5.81. The molecule has 29 heavy (non-hydrogen) atoms.